The van der Waals surface area contributed by atoms with Crippen LogP contribution in [0.25, 0.3) is 0 Å². The Bertz CT molecular complexity index is 624. The van der Waals surface area contributed by atoms with E-state index in [1.165, 1.54) is 44.9 Å². The molecule has 0 aromatic rings. The molecule has 0 saturated heterocycles. The summed E-state index contributed by atoms with van der Waals surface area (Å²) >= 11 is 0. The molecule has 4 aliphatic carbocycles. The first-order valence-electron chi connectivity index (χ1n) is 12.7. The van der Waals surface area contributed by atoms with Gasteiger partial charge >= 0.3 is 0 Å². The van der Waals surface area contributed by atoms with E-state index in [4.69, 9.17) is 0 Å². The summed E-state index contributed by atoms with van der Waals surface area (Å²) in [6, 6.07) is 0. The Labute approximate surface area is 179 Å². The SMILES string of the molecule is CC(C)C(O)CCC(C)C1CCC2C3CC=C4CC(O)CC[C@]4(C)C3CC[C@]12C. The molecule has 0 aromatic heterocycles. The highest BCUT2D eigenvalue weighted by atomic mass is 16.3. The maximum absolute atomic E-state index is 10.3. The molecule has 4 rings (SSSR count). The highest BCUT2D eigenvalue weighted by molar-refractivity contribution is 5.25. The second-order valence-electron chi connectivity index (χ2n) is 12.3. The van der Waals surface area contributed by atoms with Gasteiger partial charge in [-0.05, 0) is 111 Å². The van der Waals surface area contributed by atoms with Crippen molar-refractivity contribution in [3.63, 3.8) is 0 Å². The molecule has 0 heterocycles. The predicted octanol–water partition coefficient (Wildman–Crippen LogP) is 6.36. The van der Waals surface area contributed by atoms with Crippen LogP contribution in [-0.2, 0) is 0 Å². The van der Waals surface area contributed by atoms with Crippen LogP contribution < -0.4 is 0 Å². The molecule has 2 N–H and O–H groups in total. The lowest BCUT2D eigenvalue weighted by Crippen LogP contribution is -2.50. The van der Waals surface area contributed by atoms with Gasteiger partial charge in [-0.2, -0.15) is 0 Å². The molecule has 3 saturated carbocycles. The Morgan fingerprint density at radius 2 is 1.76 bits per heavy atom. The second-order valence-corrected chi connectivity index (χ2v) is 12.3. The van der Waals surface area contributed by atoms with Gasteiger partial charge in [-0.15, -0.1) is 0 Å². The Morgan fingerprint density at radius 1 is 1.00 bits per heavy atom. The number of aliphatic hydroxyl groups is 2. The number of hydrogen-bond acceptors (Lipinski definition) is 2. The summed E-state index contributed by atoms with van der Waals surface area (Å²) in [6.45, 7) is 11.9. The summed E-state index contributed by atoms with van der Waals surface area (Å²) in [4.78, 5) is 0. The molecule has 7 unspecified atom stereocenters. The van der Waals surface area contributed by atoms with Crippen LogP contribution in [0.4, 0.5) is 0 Å². The zero-order valence-corrected chi connectivity index (χ0v) is 19.7. The molecular weight excluding hydrogens is 356 g/mol. The predicted molar refractivity (Wildman–Crippen MR) is 120 cm³/mol. The smallest absolute Gasteiger partial charge is 0.0577 e. The fourth-order valence-corrected chi connectivity index (χ4v) is 8.59. The summed E-state index contributed by atoms with van der Waals surface area (Å²) in [6.07, 6.45) is 14.4. The van der Waals surface area contributed by atoms with E-state index in [1.54, 1.807) is 5.57 Å². The van der Waals surface area contributed by atoms with Crippen molar-refractivity contribution in [3.05, 3.63) is 11.6 Å². The van der Waals surface area contributed by atoms with Crippen LogP contribution in [0.15, 0.2) is 11.6 Å². The van der Waals surface area contributed by atoms with Gasteiger partial charge in [-0.1, -0.05) is 46.3 Å². The van der Waals surface area contributed by atoms with Crippen molar-refractivity contribution >= 4 is 0 Å². The third-order valence-corrected chi connectivity index (χ3v) is 10.5. The average molecular weight is 403 g/mol. The van der Waals surface area contributed by atoms with Crippen molar-refractivity contribution in [2.45, 2.75) is 111 Å². The summed E-state index contributed by atoms with van der Waals surface area (Å²) in [5.74, 6) is 4.51. The van der Waals surface area contributed by atoms with E-state index in [9.17, 15) is 10.2 Å². The number of allylic oxidation sites excluding steroid dienone is 1. The molecule has 3 fully saturated rings. The molecular formula is C27H46O2. The topological polar surface area (TPSA) is 40.5 Å². The zero-order valence-electron chi connectivity index (χ0n) is 19.7. The van der Waals surface area contributed by atoms with E-state index in [1.807, 2.05) is 0 Å². The fourth-order valence-electron chi connectivity index (χ4n) is 8.59. The molecule has 0 aliphatic heterocycles. The van der Waals surface area contributed by atoms with Gasteiger partial charge in [-0.3, -0.25) is 0 Å². The third-order valence-electron chi connectivity index (χ3n) is 10.5. The Morgan fingerprint density at radius 3 is 2.48 bits per heavy atom. The molecule has 0 aromatic carbocycles. The second kappa shape index (κ2) is 7.97. The standard InChI is InChI=1S/C27H46O2/c1-17(2)25(29)11-6-18(3)22-9-10-23-21-8-7-19-16-20(28)12-14-26(19,4)24(21)13-15-27(22,23)5/h7,17-18,20-25,28-29H,6,8-16H2,1-5H3/t18?,20?,21?,22?,23?,24?,25?,26-,27+/m0/s1. The summed E-state index contributed by atoms with van der Waals surface area (Å²) < 4.78 is 0. The van der Waals surface area contributed by atoms with Gasteiger partial charge in [0.05, 0.1) is 12.2 Å². The van der Waals surface area contributed by atoms with Crippen LogP contribution in [0, 0.1) is 46.3 Å². The van der Waals surface area contributed by atoms with Gasteiger partial charge in [0.2, 0.25) is 0 Å². The van der Waals surface area contributed by atoms with Crippen LogP contribution in [0.3, 0.4) is 0 Å². The first kappa shape index (κ1) is 21.9. The fraction of sp³-hybridized carbons (Fsp3) is 0.926. The van der Waals surface area contributed by atoms with E-state index in [-0.39, 0.29) is 12.2 Å². The Kier molecular flexibility index (Phi) is 6.01. The molecule has 4 aliphatic rings. The lowest BCUT2D eigenvalue weighted by molar-refractivity contribution is -0.0579. The first-order valence-corrected chi connectivity index (χ1v) is 12.7. The van der Waals surface area contributed by atoms with E-state index in [0.717, 1.165) is 48.9 Å². The van der Waals surface area contributed by atoms with Crippen molar-refractivity contribution in [3.8, 4) is 0 Å². The minimum atomic E-state index is -0.137. The highest BCUT2D eigenvalue weighted by Gasteiger charge is 2.59. The Hall–Kier alpha value is -0.340. The monoisotopic (exact) mass is 402 g/mol. The molecule has 2 heteroatoms. The molecule has 9 atom stereocenters. The van der Waals surface area contributed by atoms with Gasteiger partial charge < -0.3 is 10.2 Å². The lowest BCUT2D eigenvalue weighted by atomic mass is 9.47. The molecule has 0 amide bonds. The van der Waals surface area contributed by atoms with Gasteiger partial charge in [-0.25, -0.2) is 0 Å². The number of rotatable bonds is 5. The first-order chi connectivity index (χ1) is 13.7. The molecule has 29 heavy (non-hydrogen) atoms. The third kappa shape index (κ3) is 3.65. The van der Waals surface area contributed by atoms with E-state index >= 15 is 0 Å². The molecule has 0 spiro atoms. The van der Waals surface area contributed by atoms with Crippen LogP contribution in [-0.4, -0.2) is 22.4 Å². The van der Waals surface area contributed by atoms with E-state index in [0.29, 0.717) is 16.7 Å². The number of fused-ring (bicyclic) bond motifs is 5. The summed E-state index contributed by atoms with van der Waals surface area (Å²) in [7, 11) is 0. The highest BCUT2D eigenvalue weighted by Crippen LogP contribution is 2.67. The van der Waals surface area contributed by atoms with Gasteiger partial charge in [0.1, 0.15) is 0 Å². The van der Waals surface area contributed by atoms with E-state index < -0.39 is 0 Å². The van der Waals surface area contributed by atoms with Crippen LogP contribution in [0.5, 0.6) is 0 Å². The van der Waals surface area contributed by atoms with Crippen molar-refractivity contribution in [1.29, 1.82) is 0 Å². The zero-order chi connectivity index (χ0) is 21.0. The van der Waals surface area contributed by atoms with Crippen molar-refractivity contribution in [1.82, 2.24) is 0 Å². The normalized spacial score (nSPS) is 46.5. The summed E-state index contributed by atoms with van der Waals surface area (Å²) in [5, 5.41) is 20.5. The van der Waals surface area contributed by atoms with E-state index in [2.05, 4.69) is 40.7 Å². The van der Waals surface area contributed by atoms with Gasteiger partial charge in [0, 0.05) is 0 Å². The van der Waals surface area contributed by atoms with Crippen LogP contribution >= 0.6 is 0 Å². The van der Waals surface area contributed by atoms with Gasteiger partial charge in [0.25, 0.3) is 0 Å². The largest absolute Gasteiger partial charge is 0.393 e. The van der Waals surface area contributed by atoms with Gasteiger partial charge in [0.15, 0.2) is 0 Å². The number of aliphatic hydroxyl groups excluding tert-OH is 2. The van der Waals surface area contributed by atoms with Crippen molar-refractivity contribution < 1.29 is 10.2 Å². The minimum Gasteiger partial charge on any atom is -0.393 e. The minimum absolute atomic E-state index is 0.0994. The Balaban J connectivity index is 1.49. The number of hydrogen-bond donors (Lipinski definition) is 2. The molecule has 0 bridgehead atoms. The van der Waals surface area contributed by atoms with Crippen LogP contribution in [0.1, 0.15) is 98.8 Å². The van der Waals surface area contributed by atoms with Crippen molar-refractivity contribution in [2.75, 3.05) is 0 Å². The maximum atomic E-state index is 10.3. The molecule has 166 valence electrons. The van der Waals surface area contributed by atoms with Crippen molar-refractivity contribution in [2.24, 2.45) is 46.3 Å². The molecule has 2 nitrogen and oxygen atoms in total. The quantitative estimate of drug-likeness (QED) is 0.525. The average Bonchev–Trinajstić information content (AvgIpc) is 3.03. The summed E-state index contributed by atoms with van der Waals surface area (Å²) in [5.41, 5.74) is 2.44. The molecule has 0 radical (unpaired) electrons. The van der Waals surface area contributed by atoms with Crippen LogP contribution in [0.2, 0.25) is 0 Å². The maximum Gasteiger partial charge on any atom is 0.0577 e. The lowest BCUT2D eigenvalue weighted by Gasteiger charge is -2.58.